The maximum atomic E-state index is 12.9. The number of rotatable bonds is 6. The molecule has 1 aliphatic carbocycles. The van der Waals surface area contributed by atoms with Crippen molar-refractivity contribution in [2.24, 2.45) is 11.7 Å². The van der Waals surface area contributed by atoms with Gasteiger partial charge in [-0.25, -0.2) is 4.79 Å². The molecule has 0 fully saturated rings. The first-order valence-corrected chi connectivity index (χ1v) is 10.0. The summed E-state index contributed by atoms with van der Waals surface area (Å²) in [5, 5.41) is 3.53. The smallest absolute Gasteiger partial charge is 0.404 e. The van der Waals surface area contributed by atoms with E-state index in [4.69, 9.17) is 5.73 Å². The van der Waals surface area contributed by atoms with E-state index >= 15 is 0 Å². The highest BCUT2D eigenvalue weighted by molar-refractivity contribution is 5.99. The van der Waals surface area contributed by atoms with Crippen molar-refractivity contribution in [3.05, 3.63) is 47.7 Å². The zero-order valence-electron chi connectivity index (χ0n) is 17.0. The van der Waals surface area contributed by atoms with Gasteiger partial charge in [-0.05, 0) is 37.8 Å². The maximum absolute atomic E-state index is 12.9. The van der Waals surface area contributed by atoms with Crippen molar-refractivity contribution >= 4 is 28.5 Å². The van der Waals surface area contributed by atoms with Crippen LogP contribution in [0.1, 0.15) is 48.5 Å². The van der Waals surface area contributed by atoms with Crippen molar-refractivity contribution < 1.29 is 27.5 Å². The number of nitrogens with zero attached hydrogens (tertiary/aromatic N) is 1. The molecule has 1 heterocycles. The van der Waals surface area contributed by atoms with E-state index in [1.807, 2.05) is 18.2 Å². The first-order chi connectivity index (χ1) is 14.6. The molecular weight excluding hydrogens is 411 g/mol. The molecule has 0 spiro atoms. The minimum Gasteiger partial charge on any atom is -0.450 e. The molecule has 2 aromatic rings. The number of fused-ring (bicyclic) bond motifs is 1. The number of benzene rings is 1. The Bertz CT molecular complexity index is 1000. The zero-order chi connectivity index (χ0) is 22.6. The summed E-state index contributed by atoms with van der Waals surface area (Å²) in [7, 11) is 0. The molecule has 1 aromatic carbocycles. The molecule has 31 heavy (non-hydrogen) atoms. The highest BCUT2D eigenvalue weighted by Gasteiger charge is 2.39. The third-order valence-electron chi connectivity index (χ3n) is 5.37. The Morgan fingerprint density at radius 3 is 2.77 bits per heavy atom. The van der Waals surface area contributed by atoms with Gasteiger partial charge in [0.2, 0.25) is 0 Å². The number of para-hydroxylation sites is 1. The number of carbonyl (C=O) groups excluding carboxylic acids is 2. The van der Waals surface area contributed by atoms with Crippen molar-refractivity contribution in [3.63, 3.8) is 0 Å². The van der Waals surface area contributed by atoms with E-state index < -0.39 is 18.2 Å². The van der Waals surface area contributed by atoms with Gasteiger partial charge in [0.15, 0.2) is 0 Å². The fraction of sp³-hybridized carbons (Fsp3) is 0.409. The number of allylic oxidation sites excluding steroid dienone is 2. The molecule has 0 saturated heterocycles. The van der Waals surface area contributed by atoms with Gasteiger partial charge in [-0.1, -0.05) is 24.3 Å². The summed E-state index contributed by atoms with van der Waals surface area (Å²) in [4.78, 5) is 27.5. The molecule has 0 bridgehead atoms. The van der Waals surface area contributed by atoms with Crippen molar-refractivity contribution in [1.29, 1.82) is 0 Å². The van der Waals surface area contributed by atoms with Crippen LogP contribution in [0.4, 0.5) is 18.0 Å². The van der Waals surface area contributed by atoms with E-state index in [9.17, 15) is 22.8 Å². The van der Waals surface area contributed by atoms with E-state index in [1.54, 1.807) is 19.1 Å². The molecule has 0 aliphatic heterocycles. The van der Waals surface area contributed by atoms with Crippen LogP contribution in [0.25, 0.3) is 16.5 Å². The Kier molecular flexibility index (Phi) is 6.82. The average Bonchev–Trinajstić information content (AvgIpc) is 2.72. The molecule has 1 aromatic heterocycles. The number of primary amides is 1. The minimum absolute atomic E-state index is 0.0347. The number of nitrogens with two attached hydrogens (primary N) is 1. The minimum atomic E-state index is -4.18. The van der Waals surface area contributed by atoms with Gasteiger partial charge in [0, 0.05) is 29.6 Å². The Labute approximate surface area is 177 Å². The summed E-state index contributed by atoms with van der Waals surface area (Å²) in [5.74, 6) is -1.62. The van der Waals surface area contributed by atoms with Gasteiger partial charge < -0.3 is 15.8 Å². The predicted molar refractivity (Wildman–Crippen MR) is 110 cm³/mol. The normalized spacial score (nSPS) is 17.7. The van der Waals surface area contributed by atoms with Crippen LogP contribution in [-0.4, -0.2) is 35.8 Å². The van der Waals surface area contributed by atoms with Gasteiger partial charge >= 0.3 is 12.3 Å². The number of amides is 2. The zero-order valence-corrected chi connectivity index (χ0v) is 17.0. The molecule has 2 atom stereocenters. The predicted octanol–water partition coefficient (Wildman–Crippen LogP) is 4.58. The lowest BCUT2D eigenvalue weighted by Gasteiger charge is -2.24. The first kappa shape index (κ1) is 22.6. The van der Waals surface area contributed by atoms with Crippen LogP contribution in [0.15, 0.2) is 36.5 Å². The summed E-state index contributed by atoms with van der Waals surface area (Å²) in [6, 6.07) is 6.92. The SMILES string of the molecule is C[C@H](CCOC(N)=O)NC(=O)c1cnc2c(C3=CC[C@@H](C(F)(F)F)CC3)cccc2c1. The Morgan fingerprint density at radius 2 is 2.13 bits per heavy atom. The summed E-state index contributed by atoms with van der Waals surface area (Å²) in [6.07, 6.45) is -1.17. The first-order valence-electron chi connectivity index (χ1n) is 10.0. The summed E-state index contributed by atoms with van der Waals surface area (Å²) in [5.41, 5.74) is 7.56. The van der Waals surface area contributed by atoms with E-state index in [0.717, 1.165) is 16.5 Å². The third kappa shape index (κ3) is 5.74. The number of ether oxygens (including phenoxy) is 1. The highest BCUT2D eigenvalue weighted by atomic mass is 19.4. The Balaban J connectivity index is 1.74. The van der Waals surface area contributed by atoms with Gasteiger partial charge in [-0.3, -0.25) is 9.78 Å². The second-order valence-electron chi connectivity index (χ2n) is 7.67. The second-order valence-corrected chi connectivity index (χ2v) is 7.67. The van der Waals surface area contributed by atoms with Crippen LogP contribution in [-0.2, 0) is 4.74 Å². The van der Waals surface area contributed by atoms with Gasteiger partial charge in [0.05, 0.1) is 23.6 Å². The fourth-order valence-corrected chi connectivity index (χ4v) is 3.64. The quantitative estimate of drug-likeness (QED) is 0.694. The highest BCUT2D eigenvalue weighted by Crippen LogP contribution is 2.40. The lowest BCUT2D eigenvalue weighted by Crippen LogP contribution is -2.33. The lowest BCUT2D eigenvalue weighted by molar-refractivity contribution is -0.175. The topological polar surface area (TPSA) is 94.3 Å². The molecule has 0 saturated carbocycles. The van der Waals surface area contributed by atoms with Crippen LogP contribution >= 0.6 is 0 Å². The molecule has 3 N–H and O–H groups in total. The van der Waals surface area contributed by atoms with E-state index in [2.05, 4.69) is 15.0 Å². The molecule has 3 rings (SSSR count). The monoisotopic (exact) mass is 435 g/mol. The van der Waals surface area contributed by atoms with E-state index in [0.29, 0.717) is 23.9 Å². The average molecular weight is 435 g/mol. The summed E-state index contributed by atoms with van der Waals surface area (Å²) in [6.45, 7) is 1.87. The molecular formula is C22H24F3N3O3. The third-order valence-corrected chi connectivity index (χ3v) is 5.37. The number of hydrogen-bond acceptors (Lipinski definition) is 4. The van der Waals surface area contributed by atoms with E-state index in [1.165, 1.54) is 6.20 Å². The number of nitrogens with one attached hydrogen (secondary N) is 1. The number of hydrogen-bond donors (Lipinski definition) is 2. The van der Waals surface area contributed by atoms with Gasteiger partial charge in [0.25, 0.3) is 5.91 Å². The van der Waals surface area contributed by atoms with Crippen molar-refractivity contribution in [2.75, 3.05) is 6.61 Å². The number of carbonyl (C=O) groups is 2. The molecule has 0 radical (unpaired) electrons. The molecule has 6 nitrogen and oxygen atoms in total. The van der Waals surface area contributed by atoms with Crippen molar-refractivity contribution in [1.82, 2.24) is 10.3 Å². The maximum Gasteiger partial charge on any atom is 0.404 e. The standard InChI is InChI=1S/C22H24F3N3O3/c1-13(9-10-31-21(26)30)28-20(29)16-11-15-3-2-4-18(19(15)27-12-16)14-5-7-17(8-6-14)22(23,24)25/h2-5,11-13,17H,6-10H2,1H3,(H2,26,30)(H,28,29)/t13-,17-/m1/s1. The number of halogens is 3. The molecule has 0 unspecified atom stereocenters. The molecule has 2 amide bonds. The number of pyridine rings is 1. The van der Waals surface area contributed by atoms with Crippen LogP contribution < -0.4 is 11.1 Å². The van der Waals surface area contributed by atoms with Crippen LogP contribution in [0.3, 0.4) is 0 Å². The van der Waals surface area contributed by atoms with Crippen LogP contribution in [0, 0.1) is 5.92 Å². The van der Waals surface area contributed by atoms with Crippen molar-refractivity contribution in [2.45, 2.75) is 44.8 Å². The molecule has 9 heteroatoms. The van der Waals surface area contributed by atoms with Crippen LogP contribution in [0.2, 0.25) is 0 Å². The molecule has 1 aliphatic rings. The summed E-state index contributed by atoms with van der Waals surface area (Å²) < 4.78 is 43.5. The largest absolute Gasteiger partial charge is 0.450 e. The van der Waals surface area contributed by atoms with Gasteiger partial charge in [0.1, 0.15) is 0 Å². The number of aromatic nitrogens is 1. The van der Waals surface area contributed by atoms with Gasteiger partial charge in [-0.2, -0.15) is 13.2 Å². The summed E-state index contributed by atoms with van der Waals surface area (Å²) >= 11 is 0. The van der Waals surface area contributed by atoms with Crippen LogP contribution in [0.5, 0.6) is 0 Å². The Hall–Kier alpha value is -3.10. The lowest BCUT2D eigenvalue weighted by atomic mass is 9.85. The fourth-order valence-electron chi connectivity index (χ4n) is 3.64. The van der Waals surface area contributed by atoms with E-state index in [-0.39, 0.29) is 31.4 Å². The molecule has 166 valence electrons. The Morgan fingerprint density at radius 1 is 1.35 bits per heavy atom. The number of alkyl halides is 3. The van der Waals surface area contributed by atoms with Gasteiger partial charge in [-0.15, -0.1) is 0 Å². The second kappa shape index (κ2) is 9.36. The van der Waals surface area contributed by atoms with Crippen molar-refractivity contribution in [3.8, 4) is 0 Å².